The maximum Gasteiger partial charge on any atom is 0.416 e. The third kappa shape index (κ3) is 2.49. The van der Waals surface area contributed by atoms with Crippen molar-refractivity contribution in [3.8, 4) is 0 Å². The summed E-state index contributed by atoms with van der Waals surface area (Å²) in [5, 5.41) is 4.18. The average molecular weight is 421 g/mol. The van der Waals surface area contributed by atoms with E-state index >= 15 is 0 Å². The minimum atomic E-state index is -4.38. The number of amides is 1. The predicted molar refractivity (Wildman–Crippen MR) is 82.8 cm³/mol. The van der Waals surface area contributed by atoms with E-state index in [0.717, 1.165) is 15.7 Å². The van der Waals surface area contributed by atoms with E-state index in [1.165, 1.54) is 17.0 Å². The summed E-state index contributed by atoms with van der Waals surface area (Å²) in [6, 6.07) is 4.59. The normalized spacial score (nSPS) is 18.5. The van der Waals surface area contributed by atoms with Crippen LogP contribution in [0.25, 0.3) is 0 Å². The van der Waals surface area contributed by atoms with Crippen LogP contribution in [0.2, 0.25) is 0 Å². The molecule has 1 aromatic carbocycles. The van der Waals surface area contributed by atoms with Crippen molar-refractivity contribution in [2.24, 2.45) is 0 Å². The van der Waals surface area contributed by atoms with Crippen LogP contribution in [0.1, 0.15) is 29.0 Å². The second kappa shape index (κ2) is 5.25. The zero-order valence-electron chi connectivity index (χ0n) is 11.4. The summed E-state index contributed by atoms with van der Waals surface area (Å²) in [7, 11) is 0. The Kier molecular flexibility index (Phi) is 3.66. The number of fused-ring (bicyclic) bond motifs is 1. The number of anilines is 1. The molecule has 0 bridgehead atoms. The lowest BCUT2D eigenvalue weighted by Crippen LogP contribution is -2.43. The molecule has 0 saturated heterocycles. The van der Waals surface area contributed by atoms with Crippen LogP contribution in [-0.2, 0) is 6.18 Å². The number of nitrogens with zero attached hydrogens (tertiary/aromatic N) is 3. The molecular weight excluding hydrogens is 410 g/mol. The zero-order chi connectivity index (χ0) is 16.1. The molecular formula is C14H11F3IN3O. The lowest BCUT2D eigenvalue weighted by molar-refractivity contribution is -0.137. The fraction of sp³-hybridized carbons (Fsp3) is 0.286. The highest BCUT2D eigenvalue weighted by Gasteiger charge is 2.34. The first-order chi connectivity index (χ1) is 10.3. The van der Waals surface area contributed by atoms with Crippen molar-refractivity contribution < 1.29 is 18.0 Å². The number of carbonyl (C=O) groups is 1. The van der Waals surface area contributed by atoms with Gasteiger partial charge in [-0.1, -0.05) is 0 Å². The molecule has 1 aromatic heterocycles. The first-order valence-corrected chi connectivity index (χ1v) is 7.59. The van der Waals surface area contributed by atoms with Gasteiger partial charge < -0.3 is 4.90 Å². The van der Waals surface area contributed by atoms with Crippen molar-refractivity contribution in [1.82, 2.24) is 9.78 Å². The molecule has 0 spiro atoms. The molecule has 1 aliphatic rings. The van der Waals surface area contributed by atoms with Gasteiger partial charge in [-0.25, -0.2) is 0 Å². The van der Waals surface area contributed by atoms with Crippen LogP contribution < -0.4 is 4.90 Å². The Morgan fingerprint density at radius 1 is 1.27 bits per heavy atom. The summed E-state index contributed by atoms with van der Waals surface area (Å²) in [4.78, 5) is 14.1. The molecule has 0 unspecified atom stereocenters. The summed E-state index contributed by atoms with van der Waals surface area (Å²) >= 11 is 2.03. The minimum Gasteiger partial charge on any atom is -0.305 e. The molecule has 2 heterocycles. The first kappa shape index (κ1) is 15.3. The largest absolute Gasteiger partial charge is 0.416 e. The monoisotopic (exact) mass is 421 g/mol. The Morgan fingerprint density at radius 2 is 1.91 bits per heavy atom. The number of hydrogen-bond acceptors (Lipinski definition) is 2. The Balaban J connectivity index is 1.96. The predicted octanol–water partition coefficient (Wildman–Crippen LogP) is 3.73. The molecule has 0 saturated carbocycles. The average Bonchev–Trinajstić information content (AvgIpc) is 2.85. The molecule has 0 fully saturated rings. The van der Waals surface area contributed by atoms with E-state index in [2.05, 4.69) is 5.10 Å². The molecule has 0 N–H and O–H groups in total. The van der Waals surface area contributed by atoms with E-state index in [1.54, 1.807) is 10.9 Å². The third-order valence-electron chi connectivity index (χ3n) is 3.57. The Bertz CT molecular complexity index is 724. The topological polar surface area (TPSA) is 38.1 Å². The van der Waals surface area contributed by atoms with E-state index in [-0.39, 0.29) is 11.9 Å². The van der Waals surface area contributed by atoms with Gasteiger partial charge in [-0.3, -0.25) is 9.48 Å². The van der Waals surface area contributed by atoms with Crippen molar-refractivity contribution in [3.05, 3.63) is 45.3 Å². The van der Waals surface area contributed by atoms with E-state index < -0.39 is 11.7 Å². The van der Waals surface area contributed by atoms with Crippen LogP contribution in [-0.4, -0.2) is 22.2 Å². The number of halogens is 4. The van der Waals surface area contributed by atoms with Gasteiger partial charge in [0.1, 0.15) is 5.69 Å². The Labute approximate surface area is 138 Å². The van der Waals surface area contributed by atoms with Gasteiger partial charge in [-0.2, -0.15) is 18.3 Å². The summed E-state index contributed by atoms with van der Waals surface area (Å²) in [5.74, 6) is -0.250. The first-order valence-electron chi connectivity index (χ1n) is 6.51. The van der Waals surface area contributed by atoms with Gasteiger partial charge >= 0.3 is 6.18 Å². The van der Waals surface area contributed by atoms with Crippen molar-refractivity contribution in [1.29, 1.82) is 0 Å². The van der Waals surface area contributed by atoms with Gasteiger partial charge in [-0.05, 0) is 53.8 Å². The van der Waals surface area contributed by atoms with Crippen LogP contribution in [0.5, 0.6) is 0 Å². The van der Waals surface area contributed by atoms with Gasteiger partial charge in [-0.15, -0.1) is 0 Å². The van der Waals surface area contributed by atoms with Crippen molar-refractivity contribution in [2.45, 2.75) is 19.1 Å². The second-order valence-electron chi connectivity index (χ2n) is 5.10. The standard InChI is InChI=1S/C14H11F3IN3O/c1-8-7-20(13(22)12-11(18)6-19-21(8)12)10-4-2-9(3-5-10)14(15,16)17/h2-6,8H,7H2,1H3/t8-/m1/s1. The fourth-order valence-electron chi connectivity index (χ4n) is 2.48. The number of alkyl halides is 3. The van der Waals surface area contributed by atoms with Crippen LogP contribution >= 0.6 is 22.6 Å². The van der Waals surface area contributed by atoms with Crippen LogP contribution in [0.3, 0.4) is 0 Å². The molecule has 22 heavy (non-hydrogen) atoms. The van der Waals surface area contributed by atoms with E-state index in [4.69, 9.17) is 0 Å². The van der Waals surface area contributed by atoms with E-state index in [1.807, 2.05) is 29.5 Å². The van der Waals surface area contributed by atoms with Gasteiger partial charge in [0.2, 0.25) is 0 Å². The molecule has 4 nitrogen and oxygen atoms in total. The fourth-order valence-corrected chi connectivity index (χ4v) is 3.08. The minimum absolute atomic E-state index is 0.0430. The molecule has 0 aliphatic carbocycles. The maximum absolute atomic E-state index is 12.6. The number of hydrogen-bond donors (Lipinski definition) is 0. The Hall–Kier alpha value is -1.58. The van der Waals surface area contributed by atoms with Gasteiger partial charge in [0.15, 0.2) is 0 Å². The van der Waals surface area contributed by atoms with Gasteiger partial charge in [0.05, 0.1) is 21.4 Å². The zero-order valence-corrected chi connectivity index (χ0v) is 13.6. The number of benzene rings is 1. The van der Waals surface area contributed by atoms with Crippen molar-refractivity contribution >= 4 is 34.2 Å². The number of rotatable bonds is 1. The third-order valence-corrected chi connectivity index (χ3v) is 4.36. The lowest BCUT2D eigenvalue weighted by Gasteiger charge is -2.32. The molecule has 8 heteroatoms. The number of carbonyl (C=O) groups excluding carboxylic acids is 1. The second-order valence-corrected chi connectivity index (χ2v) is 6.26. The highest BCUT2D eigenvalue weighted by atomic mass is 127. The summed E-state index contributed by atoms with van der Waals surface area (Å²) in [6.07, 6.45) is -2.77. The summed E-state index contributed by atoms with van der Waals surface area (Å²) in [6.45, 7) is 2.28. The summed E-state index contributed by atoms with van der Waals surface area (Å²) in [5.41, 5.74) is 0.195. The van der Waals surface area contributed by atoms with Crippen LogP contribution in [0.4, 0.5) is 18.9 Å². The van der Waals surface area contributed by atoms with Gasteiger partial charge in [0, 0.05) is 12.2 Å². The molecule has 1 aliphatic heterocycles. The highest BCUT2D eigenvalue weighted by molar-refractivity contribution is 14.1. The smallest absolute Gasteiger partial charge is 0.305 e. The van der Waals surface area contributed by atoms with Gasteiger partial charge in [0.25, 0.3) is 5.91 Å². The number of aromatic nitrogens is 2. The highest BCUT2D eigenvalue weighted by Crippen LogP contribution is 2.32. The Morgan fingerprint density at radius 3 is 2.50 bits per heavy atom. The lowest BCUT2D eigenvalue weighted by atomic mass is 10.1. The summed E-state index contributed by atoms with van der Waals surface area (Å²) < 4.78 is 40.2. The molecule has 2 aromatic rings. The van der Waals surface area contributed by atoms with E-state index in [9.17, 15) is 18.0 Å². The SMILES string of the molecule is C[C@@H]1CN(c2ccc(C(F)(F)F)cc2)C(=O)c2c(I)cnn21. The van der Waals surface area contributed by atoms with Crippen molar-refractivity contribution in [3.63, 3.8) is 0 Å². The molecule has 1 atom stereocenters. The molecule has 3 rings (SSSR count). The maximum atomic E-state index is 12.6. The molecule has 0 radical (unpaired) electrons. The van der Waals surface area contributed by atoms with E-state index in [0.29, 0.717) is 17.9 Å². The molecule has 116 valence electrons. The molecule has 1 amide bonds. The van der Waals surface area contributed by atoms with Crippen LogP contribution in [0.15, 0.2) is 30.5 Å². The van der Waals surface area contributed by atoms with Crippen molar-refractivity contribution in [2.75, 3.05) is 11.4 Å². The van der Waals surface area contributed by atoms with Crippen LogP contribution in [0, 0.1) is 3.57 Å². The quantitative estimate of drug-likeness (QED) is 0.659.